The van der Waals surface area contributed by atoms with E-state index < -0.39 is 5.60 Å². The number of benzene rings is 1. The third kappa shape index (κ3) is 4.18. The Morgan fingerprint density at radius 1 is 1.40 bits per heavy atom. The monoisotopic (exact) mass is 229 g/mol. The van der Waals surface area contributed by atoms with E-state index in [1.54, 1.807) is 6.92 Å². The van der Waals surface area contributed by atoms with Crippen LogP contribution in [0.4, 0.5) is 0 Å². The van der Waals surface area contributed by atoms with Crippen LogP contribution in [0.3, 0.4) is 0 Å². The van der Waals surface area contributed by atoms with Crippen molar-refractivity contribution in [1.29, 1.82) is 0 Å². The van der Waals surface area contributed by atoms with E-state index in [1.807, 2.05) is 24.3 Å². The molecule has 0 bridgehead atoms. The number of hydrogen-bond acceptors (Lipinski definition) is 3. The molecule has 0 saturated heterocycles. The molecule has 1 aromatic carbocycles. The molecule has 1 aromatic rings. The molecule has 0 aliphatic heterocycles. The lowest BCUT2D eigenvalue weighted by Gasteiger charge is -2.20. The number of nitrogens with one attached hydrogen (secondary N) is 1. The molecule has 1 unspecified atom stereocenters. The van der Waals surface area contributed by atoms with Crippen LogP contribution >= 0.6 is 11.6 Å². The van der Waals surface area contributed by atoms with Gasteiger partial charge in [0.15, 0.2) is 0 Å². The minimum Gasteiger partial charge on any atom is -0.393 e. The SMILES string of the molecule is CC(O)(CO)CNCc1ccccc1Cl. The van der Waals surface area contributed by atoms with Crippen LogP contribution in [0.25, 0.3) is 0 Å². The van der Waals surface area contributed by atoms with E-state index >= 15 is 0 Å². The van der Waals surface area contributed by atoms with E-state index in [4.69, 9.17) is 16.7 Å². The highest BCUT2D eigenvalue weighted by atomic mass is 35.5. The number of hydrogen-bond donors (Lipinski definition) is 3. The molecule has 0 fully saturated rings. The summed E-state index contributed by atoms with van der Waals surface area (Å²) in [5.74, 6) is 0. The Bertz CT molecular complexity index is 315. The van der Waals surface area contributed by atoms with Crippen LogP contribution in [0, 0.1) is 0 Å². The second-order valence-corrected chi connectivity index (χ2v) is 4.26. The molecule has 0 aliphatic carbocycles. The van der Waals surface area contributed by atoms with Crippen molar-refractivity contribution in [2.24, 2.45) is 0 Å². The second-order valence-electron chi connectivity index (χ2n) is 3.85. The number of aliphatic hydroxyl groups is 2. The third-order valence-electron chi connectivity index (χ3n) is 2.12. The Hall–Kier alpha value is -0.610. The fourth-order valence-corrected chi connectivity index (χ4v) is 1.37. The Morgan fingerprint density at radius 2 is 2.07 bits per heavy atom. The highest BCUT2D eigenvalue weighted by Gasteiger charge is 2.17. The first-order valence-electron chi connectivity index (χ1n) is 4.82. The van der Waals surface area contributed by atoms with Crippen LogP contribution in [0.1, 0.15) is 12.5 Å². The van der Waals surface area contributed by atoms with Gasteiger partial charge in [0.2, 0.25) is 0 Å². The van der Waals surface area contributed by atoms with Crippen molar-refractivity contribution < 1.29 is 10.2 Å². The summed E-state index contributed by atoms with van der Waals surface area (Å²) in [5, 5.41) is 22.1. The Labute approximate surface area is 94.7 Å². The van der Waals surface area contributed by atoms with Crippen molar-refractivity contribution in [3.8, 4) is 0 Å². The molecule has 0 saturated carbocycles. The molecular formula is C11H16ClNO2. The molecule has 0 aliphatic rings. The molecule has 1 atom stereocenters. The molecule has 0 amide bonds. The fraction of sp³-hybridized carbons (Fsp3) is 0.455. The molecule has 84 valence electrons. The molecule has 15 heavy (non-hydrogen) atoms. The highest BCUT2D eigenvalue weighted by molar-refractivity contribution is 6.31. The Morgan fingerprint density at radius 3 is 2.67 bits per heavy atom. The molecule has 0 heterocycles. The van der Waals surface area contributed by atoms with E-state index in [0.717, 1.165) is 5.56 Å². The van der Waals surface area contributed by atoms with Gasteiger partial charge in [0.1, 0.15) is 0 Å². The van der Waals surface area contributed by atoms with Crippen LogP contribution in [-0.4, -0.2) is 29.0 Å². The molecule has 0 radical (unpaired) electrons. The maximum absolute atomic E-state index is 9.53. The summed E-state index contributed by atoms with van der Waals surface area (Å²) in [6.45, 7) is 2.22. The molecule has 0 spiro atoms. The fourth-order valence-electron chi connectivity index (χ4n) is 1.16. The van der Waals surface area contributed by atoms with Gasteiger partial charge >= 0.3 is 0 Å². The van der Waals surface area contributed by atoms with Crippen molar-refractivity contribution in [1.82, 2.24) is 5.32 Å². The highest BCUT2D eigenvalue weighted by Crippen LogP contribution is 2.14. The van der Waals surface area contributed by atoms with Gasteiger partial charge in [-0.15, -0.1) is 0 Å². The van der Waals surface area contributed by atoms with Crippen molar-refractivity contribution in [2.45, 2.75) is 19.1 Å². The van der Waals surface area contributed by atoms with Crippen molar-refractivity contribution >= 4 is 11.6 Å². The van der Waals surface area contributed by atoms with Gasteiger partial charge < -0.3 is 15.5 Å². The summed E-state index contributed by atoms with van der Waals surface area (Å²) in [6, 6.07) is 7.52. The van der Waals surface area contributed by atoms with Gasteiger partial charge in [-0.3, -0.25) is 0 Å². The summed E-state index contributed by atoms with van der Waals surface area (Å²) in [6.07, 6.45) is 0. The standard InChI is InChI=1S/C11H16ClNO2/c1-11(15,8-14)7-13-6-9-4-2-3-5-10(9)12/h2-5,13-15H,6-8H2,1H3. The van der Waals surface area contributed by atoms with E-state index in [1.165, 1.54) is 0 Å². The Balaban J connectivity index is 2.42. The summed E-state index contributed by atoms with van der Waals surface area (Å²) in [5.41, 5.74) is -0.103. The van der Waals surface area contributed by atoms with Crippen LogP contribution in [-0.2, 0) is 6.54 Å². The molecule has 3 nitrogen and oxygen atoms in total. The van der Waals surface area contributed by atoms with Gasteiger partial charge in [0.25, 0.3) is 0 Å². The van der Waals surface area contributed by atoms with Gasteiger partial charge in [-0.2, -0.15) is 0 Å². The van der Waals surface area contributed by atoms with Gasteiger partial charge in [-0.25, -0.2) is 0 Å². The zero-order valence-electron chi connectivity index (χ0n) is 8.70. The Kier molecular flexibility index (Phi) is 4.54. The van der Waals surface area contributed by atoms with Crippen molar-refractivity contribution in [3.63, 3.8) is 0 Å². The first-order chi connectivity index (χ1) is 7.05. The van der Waals surface area contributed by atoms with Gasteiger partial charge in [-0.05, 0) is 18.6 Å². The van der Waals surface area contributed by atoms with E-state index in [-0.39, 0.29) is 6.61 Å². The summed E-state index contributed by atoms with van der Waals surface area (Å²) >= 11 is 5.96. The molecule has 4 heteroatoms. The summed E-state index contributed by atoms with van der Waals surface area (Å²) in [7, 11) is 0. The zero-order valence-corrected chi connectivity index (χ0v) is 9.46. The molecular weight excluding hydrogens is 214 g/mol. The van der Waals surface area contributed by atoms with E-state index in [2.05, 4.69) is 5.32 Å². The first-order valence-corrected chi connectivity index (χ1v) is 5.20. The number of rotatable bonds is 5. The average molecular weight is 230 g/mol. The number of halogens is 1. The van der Waals surface area contributed by atoms with E-state index in [9.17, 15) is 5.11 Å². The molecule has 0 aromatic heterocycles. The maximum atomic E-state index is 9.53. The van der Waals surface area contributed by atoms with E-state index in [0.29, 0.717) is 18.1 Å². The normalized spacial score (nSPS) is 14.9. The second kappa shape index (κ2) is 5.47. The minimum atomic E-state index is -1.08. The predicted octanol–water partition coefficient (Wildman–Crippen LogP) is 1.17. The van der Waals surface area contributed by atoms with Gasteiger partial charge in [0, 0.05) is 18.1 Å². The van der Waals surface area contributed by atoms with Gasteiger partial charge in [0.05, 0.1) is 12.2 Å². The maximum Gasteiger partial charge on any atom is 0.0972 e. The summed E-state index contributed by atoms with van der Waals surface area (Å²) in [4.78, 5) is 0. The lowest BCUT2D eigenvalue weighted by Crippen LogP contribution is -2.40. The lowest BCUT2D eigenvalue weighted by atomic mass is 10.1. The minimum absolute atomic E-state index is 0.261. The quantitative estimate of drug-likeness (QED) is 0.711. The zero-order chi connectivity index (χ0) is 11.3. The first kappa shape index (κ1) is 12.5. The van der Waals surface area contributed by atoms with Crippen molar-refractivity contribution in [3.05, 3.63) is 34.9 Å². The van der Waals surface area contributed by atoms with Gasteiger partial charge in [-0.1, -0.05) is 29.8 Å². The smallest absolute Gasteiger partial charge is 0.0972 e. The average Bonchev–Trinajstić information content (AvgIpc) is 2.21. The predicted molar refractivity (Wildman–Crippen MR) is 60.9 cm³/mol. The van der Waals surface area contributed by atoms with Crippen LogP contribution in [0.5, 0.6) is 0 Å². The van der Waals surface area contributed by atoms with Crippen LogP contribution in [0.2, 0.25) is 5.02 Å². The lowest BCUT2D eigenvalue weighted by molar-refractivity contribution is 0.00254. The topological polar surface area (TPSA) is 52.5 Å². The van der Waals surface area contributed by atoms with Crippen LogP contribution in [0.15, 0.2) is 24.3 Å². The van der Waals surface area contributed by atoms with Crippen LogP contribution < -0.4 is 5.32 Å². The molecule has 1 rings (SSSR count). The largest absolute Gasteiger partial charge is 0.393 e. The third-order valence-corrected chi connectivity index (χ3v) is 2.49. The molecule has 3 N–H and O–H groups in total. The number of aliphatic hydroxyl groups excluding tert-OH is 1. The van der Waals surface area contributed by atoms with Crippen molar-refractivity contribution in [2.75, 3.05) is 13.2 Å². The summed E-state index contributed by atoms with van der Waals surface area (Å²) < 4.78 is 0.